The third-order valence-electron chi connectivity index (χ3n) is 2.88. The van der Waals surface area contributed by atoms with E-state index in [1.807, 2.05) is 4.72 Å². The van der Waals surface area contributed by atoms with Crippen molar-refractivity contribution in [3.05, 3.63) is 58.4 Å². The average molecular weight is 374 g/mol. The summed E-state index contributed by atoms with van der Waals surface area (Å²) in [7, 11) is -4.22. The fourth-order valence-corrected chi connectivity index (χ4v) is 3.10. The van der Waals surface area contributed by atoms with E-state index in [4.69, 9.17) is 21.8 Å². The molecule has 0 aliphatic carbocycles. The van der Waals surface area contributed by atoms with E-state index in [1.54, 1.807) is 0 Å². The molecule has 0 radical (unpaired) electrons. The van der Waals surface area contributed by atoms with E-state index in [2.05, 4.69) is 0 Å². The number of carbonyl (C=O) groups is 2. The first-order valence-electron chi connectivity index (χ1n) is 6.20. The number of carboxylic acid groups (broad SMARTS) is 2. The van der Waals surface area contributed by atoms with E-state index in [-0.39, 0.29) is 10.6 Å². The SMILES string of the molecule is O=C(O)c1cc(NS(=O)(=O)c2ccc(F)c(Cl)c2)cc(C(=O)O)c1. The largest absolute Gasteiger partial charge is 0.478 e. The number of halogens is 2. The van der Waals surface area contributed by atoms with E-state index >= 15 is 0 Å². The molecule has 0 saturated heterocycles. The summed E-state index contributed by atoms with van der Waals surface area (Å²) in [4.78, 5) is 21.7. The zero-order valence-electron chi connectivity index (χ0n) is 11.7. The number of hydrogen-bond acceptors (Lipinski definition) is 4. The molecular formula is C14H9ClFNO6S. The minimum absolute atomic E-state index is 0.271. The number of rotatable bonds is 5. The van der Waals surface area contributed by atoms with Gasteiger partial charge in [0.25, 0.3) is 10.0 Å². The van der Waals surface area contributed by atoms with Gasteiger partial charge < -0.3 is 10.2 Å². The maximum absolute atomic E-state index is 13.1. The van der Waals surface area contributed by atoms with Gasteiger partial charge in [0.05, 0.1) is 26.7 Å². The molecule has 2 aromatic carbocycles. The van der Waals surface area contributed by atoms with Crippen LogP contribution in [0.15, 0.2) is 41.3 Å². The van der Waals surface area contributed by atoms with Gasteiger partial charge in [-0.1, -0.05) is 11.6 Å². The number of anilines is 1. The molecule has 10 heteroatoms. The summed E-state index contributed by atoms with van der Waals surface area (Å²) >= 11 is 5.53. The van der Waals surface area contributed by atoms with Crippen LogP contribution in [0.4, 0.5) is 10.1 Å². The van der Waals surface area contributed by atoms with Crippen LogP contribution in [0.1, 0.15) is 20.7 Å². The first-order valence-corrected chi connectivity index (χ1v) is 8.06. The van der Waals surface area contributed by atoms with Gasteiger partial charge in [0.2, 0.25) is 0 Å². The second-order valence-electron chi connectivity index (χ2n) is 4.59. The van der Waals surface area contributed by atoms with Gasteiger partial charge >= 0.3 is 11.9 Å². The minimum atomic E-state index is -4.22. The van der Waals surface area contributed by atoms with E-state index in [0.717, 1.165) is 36.4 Å². The molecule has 2 rings (SSSR count). The summed E-state index contributed by atoms with van der Waals surface area (Å²) in [6.07, 6.45) is 0. The Bertz CT molecular complexity index is 912. The maximum Gasteiger partial charge on any atom is 0.335 e. The molecule has 24 heavy (non-hydrogen) atoms. The molecule has 0 spiro atoms. The lowest BCUT2D eigenvalue weighted by atomic mass is 10.1. The summed E-state index contributed by atoms with van der Waals surface area (Å²) in [5, 5.41) is 17.5. The fourth-order valence-electron chi connectivity index (χ4n) is 1.79. The van der Waals surface area contributed by atoms with E-state index in [9.17, 15) is 22.4 Å². The molecule has 0 heterocycles. The number of hydrogen-bond donors (Lipinski definition) is 3. The van der Waals surface area contributed by atoms with Crippen molar-refractivity contribution in [2.45, 2.75) is 4.90 Å². The Labute approximate surface area is 140 Å². The second kappa shape index (κ2) is 6.46. The third kappa shape index (κ3) is 3.81. The smallest absolute Gasteiger partial charge is 0.335 e. The number of nitrogens with one attached hydrogen (secondary N) is 1. The highest BCUT2D eigenvalue weighted by molar-refractivity contribution is 7.92. The molecular weight excluding hydrogens is 365 g/mol. The normalized spacial score (nSPS) is 11.1. The van der Waals surface area contributed by atoms with Crippen LogP contribution in [-0.4, -0.2) is 30.6 Å². The number of aromatic carboxylic acids is 2. The lowest BCUT2D eigenvalue weighted by Crippen LogP contribution is -2.14. The predicted octanol–water partition coefficient (Wildman–Crippen LogP) is 2.68. The van der Waals surface area contributed by atoms with E-state index < -0.39 is 43.9 Å². The van der Waals surface area contributed by atoms with Crippen molar-refractivity contribution in [1.29, 1.82) is 0 Å². The molecule has 0 bridgehead atoms. The Morgan fingerprint density at radius 3 is 2.00 bits per heavy atom. The van der Waals surface area contributed by atoms with Gasteiger partial charge in [-0.25, -0.2) is 22.4 Å². The van der Waals surface area contributed by atoms with E-state index in [1.165, 1.54) is 0 Å². The van der Waals surface area contributed by atoms with Crippen molar-refractivity contribution >= 4 is 39.3 Å². The molecule has 0 aliphatic rings. The number of sulfonamides is 1. The molecule has 0 aliphatic heterocycles. The van der Waals surface area contributed by atoms with Gasteiger partial charge in [-0.15, -0.1) is 0 Å². The quantitative estimate of drug-likeness (QED) is 0.741. The Morgan fingerprint density at radius 2 is 1.54 bits per heavy atom. The zero-order valence-corrected chi connectivity index (χ0v) is 13.2. The van der Waals surface area contributed by atoms with Gasteiger partial charge in [0.15, 0.2) is 0 Å². The summed E-state index contributed by atoms with van der Waals surface area (Å²) in [5.74, 6) is -3.66. The van der Waals surface area contributed by atoms with Crippen LogP contribution in [-0.2, 0) is 10.0 Å². The molecule has 3 N–H and O–H groups in total. The van der Waals surface area contributed by atoms with Gasteiger partial charge in [0.1, 0.15) is 5.82 Å². The Balaban J connectivity index is 2.47. The molecule has 7 nitrogen and oxygen atoms in total. The average Bonchev–Trinajstić information content (AvgIpc) is 2.49. The summed E-state index contributed by atoms with van der Waals surface area (Å²) < 4.78 is 39.6. The van der Waals surface area contributed by atoms with Crippen molar-refractivity contribution in [3.63, 3.8) is 0 Å². The van der Waals surface area contributed by atoms with Crippen LogP contribution < -0.4 is 4.72 Å². The van der Waals surface area contributed by atoms with Crippen molar-refractivity contribution in [2.75, 3.05) is 4.72 Å². The first-order chi connectivity index (χ1) is 11.1. The molecule has 0 atom stereocenters. The van der Waals surface area contributed by atoms with Crippen molar-refractivity contribution < 1.29 is 32.6 Å². The van der Waals surface area contributed by atoms with Crippen molar-refractivity contribution in [3.8, 4) is 0 Å². The molecule has 0 saturated carbocycles. The third-order valence-corrected chi connectivity index (χ3v) is 4.55. The second-order valence-corrected chi connectivity index (χ2v) is 6.68. The lowest BCUT2D eigenvalue weighted by molar-refractivity contribution is 0.0696. The van der Waals surface area contributed by atoms with Crippen molar-refractivity contribution in [1.82, 2.24) is 0 Å². The summed E-state index contributed by atoms with van der Waals surface area (Å²) in [6, 6.07) is 5.49. The number of carboxylic acids is 2. The van der Waals surface area contributed by atoms with Crippen LogP contribution in [0.3, 0.4) is 0 Å². The molecule has 0 fully saturated rings. The van der Waals surface area contributed by atoms with Gasteiger partial charge in [-0.3, -0.25) is 4.72 Å². The summed E-state index contributed by atoms with van der Waals surface area (Å²) in [5.41, 5.74) is -1.10. The van der Waals surface area contributed by atoms with Crippen LogP contribution >= 0.6 is 11.6 Å². The van der Waals surface area contributed by atoms with Gasteiger partial charge in [0, 0.05) is 0 Å². The Kier molecular flexibility index (Phi) is 4.76. The van der Waals surface area contributed by atoms with Gasteiger partial charge in [-0.05, 0) is 36.4 Å². The van der Waals surface area contributed by atoms with Crippen LogP contribution in [0, 0.1) is 5.82 Å². The highest BCUT2D eigenvalue weighted by Crippen LogP contribution is 2.23. The standard InChI is InChI=1S/C14H9ClFNO6S/c15-11-6-10(1-2-12(11)16)24(22,23)17-9-4-7(13(18)19)3-8(5-9)14(20)21/h1-6,17H,(H,18,19)(H,20,21). The number of benzene rings is 2. The monoisotopic (exact) mass is 373 g/mol. The zero-order chi connectivity index (χ0) is 18.1. The van der Waals surface area contributed by atoms with Crippen LogP contribution in [0.25, 0.3) is 0 Å². The molecule has 0 unspecified atom stereocenters. The molecule has 126 valence electrons. The van der Waals surface area contributed by atoms with Crippen LogP contribution in [0.5, 0.6) is 0 Å². The highest BCUT2D eigenvalue weighted by atomic mass is 35.5. The van der Waals surface area contributed by atoms with Crippen molar-refractivity contribution in [2.24, 2.45) is 0 Å². The highest BCUT2D eigenvalue weighted by Gasteiger charge is 2.18. The minimum Gasteiger partial charge on any atom is -0.478 e. The molecule has 0 aromatic heterocycles. The Morgan fingerprint density at radius 1 is 1.00 bits per heavy atom. The molecule has 2 aromatic rings. The first kappa shape index (κ1) is 17.7. The summed E-state index contributed by atoms with van der Waals surface area (Å²) in [6.45, 7) is 0. The van der Waals surface area contributed by atoms with E-state index in [0.29, 0.717) is 0 Å². The predicted molar refractivity (Wildman–Crippen MR) is 82.6 cm³/mol. The fraction of sp³-hybridized carbons (Fsp3) is 0. The maximum atomic E-state index is 13.1. The van der Waals surface area contributed by atoms with Gasteiger partial charge in [-0.2, -0.15) is 0 Å². The molecule has 0 amide bonds. The topological polar surface area (TPSA) is 121 Å². The Hall–Kier alpha value is -2.65. The van der Waals surface area contributed by atoms with Crippen LogP contribution in [0.2, 0.25) is 5.02 Å². The lowest BCUT2D eigenvalue weighted by Gasteiger charge is -2.10.